The molecule has 3 amide bonds. The second kappa shape index (κ2) is 9.91. The monoisotopic (exact) mass is 416 g/mol. The van der Waals surface area contributed by atoms with Crippen LogP contribution in [0.15, 0.2) is 29.3 Å². The number of amidine groups is 1. The van der Waals surface area contributed by atoms with Crippen LogP contribution in [0, 0.1) is 0 Å². The smallest absolute Gasteiger partial charge is 0.262 e. The molecule has 3 rings (SSSR count). The van der Waals surface area contributed by atoms with Crippen LogP contribution in [0.25, 0.3) is 0 Å². The molecule has 0 unspecified atom stereocenters. The number of aliphatic imine (C=N–C) groups is 1. The molecule has 2 N–H and O–H groups in total. The van der Waals surface area contributed by atoms with Crippen LogP contribution in [0.1, 0.15) is 56.3 Å². The maximum absolute atomic E-state index is 12.5. The van der Waals surface area contributed by atoms with E-state index in [0.29, 0.717) is 11.3 Å². The number of likely N-dealkylation sites (tertiary alicyclic amines) is 1. The Hall–Kier alpha value is -2.35. The lowest BCUT2D eigenvalue weighted by atomic mass is 10.1. The normalized spacial score (nSPS) is 20.2. The lowest BCUT2D eigenvalue weighted by molar-refractivity contribution is -0.121. The third-order valence-electron chi connectivity index (χ3n) is 5.12. The van der Waals surface area contributed by atoms with Gasteiger partial charge in [-0.05, 0) is 50.8 Å². The third kappa shape index (κ3) is 5.82. The standard InChI is InChI=1S/C21H28N4O3S/c1-3-14(2)22-19(27)15-8-7-9-16(12-15)23-18(26)13-17-20(28)24-21(29-17)25-10-5-4-6-11-25/h7-9,12,14,17H,3-6,10-11,13H2,1-2H3,(H,22,27)(H,23,26)/t14-,17-/m1/s1. The van der Waals surface area contributed by atoms with Gasteiger partial charge >= 0.3 is 0 Å². The van der Waals surface area contributed by atoms with E-state index in [1.165, 1.54) is 18.2 Å². The summed E-state index contributed by atoms with van der Waals surface area (Å²) in [4.78, 5) is 43.3. The fourth-order valence-corrected chi connectivity index (χ4v) is 4.37. The largest absolute Gasteiger partial charge is 0.351 e. The van der Waals surface area contributed by atoms with Crippen LogP contribution in [-0.2, 0) is 9.59 Å². The predicted octanol–water partition coefficient (Wildman–Crippen LogP) is 3.03. The first-order valence-corrected chi connectivity index (χ1v) is 11.1. The van der Waals surface area contributed by atoms with Crippen molar-refractivity contribution in [3.63, 3.8) is 0 Å². The maximum atomic E-state index is 12.5. The van der Waals surface area contributed by atoms with E-state index in [1.54, 1.807) is 24.3 Å². The van der Waals surface area contributed by atoms with Crippen molar-refractivity contribution in [3.05, 3.63) is 29.8 Å². The number of thioether (sulfide) groups is 1. The first-order valence-electron chi connectivity index (χ1n) is 10.2. The number of carbonyl (C=O) groups is 3. The van der Waals surface area contributed by atoms with Gasteiger partial charge in [-0.25, -0.2) is 0 Å². The molecule has 1 aromatic carbocycles. The maximum Gasteiger partial charge on any atom is 0.262 e. The Labute approximate surface area is 175 Å². The molecule has 7 nitrogen and oxygen atoms in total. The van der Waals surface area contributed by atoms with Crippen molar-refractivity contribution in [2.75, 3.05) is 18.4 Å². The molecule has 1 saturated heterocycles. The summed E-state index contributed by atoms with van der Waals surface area (Å²) >= 11 is 1.38. The van der Waals surface area contributed by atoms with Crippen molar-refractivity contribution in [1.82, 2.24) is 10.2 Å². The zero-order valence-corrected chi connectivity index (χ0v) is 17.8. The lowest BCUT2D eigenvalue weighted by Crippen LogP contribution is -2.33. The molecule has 0 aromatic heterocycles. The molecule has 8 heteroatoms. The van der Waals surface area contributed by atoms with Gasteiger partial charge < -0.3 is 15.5 Å². The van der Waals surface area contributed by atoms with Crippen molar-refractivity contribution in [2.45, 2.75) is 57.2 Å². The van der Waals surface area contributed by atoms with Crippen LogP contribution >= 0.6 is 11.8 Å². The fraction of sp³-hybridized carbons (Fsp3) is 0.524. The highest BCUT2D eigenvalue weighted by Gasteiger charge is 2.33. The highest BCUT2D eigenvalue weighted by atomic mass is 32.2. The van der Waals surface area contributed by atoms with Gasteiger partial charge in [0.05, 0.1) is 0 Å². The number of hydrogen-bond acceptors (Lipinski definition) is 5. The Kier molecular flexibility index (Phi) is 7.30. The zero-order chi connectivity index (χ0) is 20.8. The minimum absolute atomic E-state index is 0.0631. The van der Waals surface area contributed by atoms with Crippen LogP contribution in [0.3, 0.4) is 0 Å². The van der Waals surface area contributed by atoms with Crippen LogP contribution < -0.4 is 10.6 Å². The Morgan fingerprint density at radius 1 is 1.28 bits per heavy atom. The van der Waals surface area contributed by atoms with Gasteiger partial charge in [-0.1, -0.05) is 24.8 Å². The van der Waals surface area contributed by atoms with E-state index in [9.17, 15) is 14.4 Å². The molecule has 2 heterocycles. The average Bonchev–Trinajstić information content (AvgIpc) is 3.08. The summed E-state index contributed by atoms with van der Waals surface area (Å²) in [6, 6.07) is 6.91. The second-order valence-electron chi connectivity index (χ2n) is 7.50. The minimum atomic E-state index is -0.483. The number of hydrogen-bond donors (Lipinski definition) is 2. The Bertz CT molecular complexity index is 805. The van der Waals surface area contributed by atoms with Gasteiger partial charge in [0.15, 0.2) is 5.17 Å². The van der Waals surface area contributed by atoms with Crippen molar-refractivity contribution in [2.24, 2.45) is 4.99 Å². The summed E-state index contributed by atoms with van der Waals surface area (Å²) in [6.45, 7) is 5.79. The minimum Gasteiger partial charge on any atom is -0.351 e. The van der Waals surface area contributed by atoms with E-state index in [1.807, 2.05) is 13.8 Å². The molecule has 0 saturated carbocycles. The van der Waals surface area contributed by atoms with Gasteiger partial charge in [-0.15, -0.1) is 0 Å². The van der Waals surface area contributed by atoms with Crippen molar-refractivity contribution in [3.8, 4) is 0 Å². The first-order chi connectivity index (χ1) is 14.0. The van der Waals surface area contributed by atoms with Gasteiger partial charge in [-0.2, -0.15) is 4.99 Å². The molecular weight excluding hydrogens is 388 g/mol. The van der Waals surface area contributed by atoms with Crippen LogP contribution in [-0.4, -0.2) is 52.2 Å². The summed E-state index contributed by atoms with van der Waals surface area (Å²) in [6.07, 6.45) is 4.34. The summed E-state index contributed by atoms with van der Waals surface area (Å²) in [7, 11) is 0. The number of anilines is 1. The average molecular weight is 417 g/mol. The molecular formula is C21H28N4O3S. The number of rotatable bonds is 6. The molecule has 1 aromatic rings. The van der Waals surface area contributed by atoms with Gasteiger partial charge in [0.2, 0.25) is 5.91 Å². The third-order valence-corrected chi connectivity index (χ3v) is 6.34. The van der Waals surface area contributed by atoms with Gasteiger partial charge in [-0.3, -0.25) is 14.4 Å². The number of piperidine rings is 1. The highest BCUT2D eigenvalue weighted by Crippen LogP contribution is 2.29. The number of nitrogens with zero attached hydrogens (tertiary/aromatic N) is 2. The van der Waals surface area contributed by atoms with Crippen LogP contribution in [0.2, 0.25) is 0 Å². The van der Waals surface area contributed by atoms with E-state index in [2.05, 4.69) is 20.5 Å². The molecule has 156 valence electrons. The summed E-state index contributed by atoms with van der Waals surface area (Å²) in [5, 5.41) is 5.97. The molecule has 0 radical (unpaired) electrons. The SMILES string of the molecule is CC[C@@H](C)NC(=O)c1cccc(NC(=O)C[C@H]2SC(N3CCCCC3)=NC2=O)c1. The Morgan fingerprint density at radius 3 is 2.76 bits per heavy atom. The van der Waals surface area contributed by atoms with Crippen LogP contribution in [0.5, 0.6) is 0 Å². The fourth-order valence-electron chi connectivity index (χ4n) is 3.26. The van der Waals surface area contributed by atoms with E-state index in [-0.39, 0.29) is 30.2 Å². The molecule has 29 heavy (non-hydrogen) atoms. The molecule has 0 aliphatic carbocycles. The second-order valence-corrected chi connectivity index (χ2v) is 8.67. The summed E-state index contributed by atoms with van der Waals surface area (Å²) in [5.41, 5.74) is 1.03. The van der Waals surface area contributed by atoms with Gasteiger partial charge in [0, 0.05) is 36.8 Å². The van der Waals surface area contributed by atoms with E-state index < -0.39 is 5.25 Å². The molecule has 1 fully saturated rings. The van der Waals surface area contributed by atoms with Crippen molar-refractivity contribution in [1.29, 1.82) is 0 Å². The Morgan fingerprint density at radius 2 is 2.03 bits per heavy atom. The highest BCUT2D eigenvalue weighted by molar-refractivity contribution is 8.15. The van der Waals surface area contributed by atoms with Crippen molar-refractivity contribution >= 4 is 40.3 Å². The summed E-state index contributed by atoms with van der Waals surface area (Å²) in [5.74, 6) is -0.672. The molecule has 2 aliphatic heterocycles. The molecule has 0 bridgehead atoms. The lowest BCUT2D eigenvalue weighted by Gasteiger charge is -2.27. The summed E-state index contributed by atoms with van der Waals surface area (Å²) < 4.78 is 0. The molecule has 0 spiro atoms. The number of nitrogens with one attached hydrogen (secondary N) is 2. The van der Waals surface area contributed by atoms with Crippen molar-refractivity contribution < 1.29 is 14.4 Å². The number of carbonyl (C=O) groups excluding carboxylic acids is 3. The predicted molar refractivity (Wildman–Crippen MR) is 116 cm³/mol. The van der Waals surface area contributed by atoms with Crippen LogP contribution in [0.4, 0.5) is 5.69 Å². The topological polar surface area (TPSA) is 90.9 Å². The van der Waals surface area contributed by atoms with E-state index >= 15 is 0 Å². The quantitative estimate of drug-likeness (QED) is 0.744. The zero-order valence-electron chi connectivity index (χ0n) is 16.9. The van der Waals surface area contributed by atoms with E-state index in [0.717, 1.165) is 37.5 Å². The van der Waals surface area contributed by atoms with Gasteiger partial charge in [0.25, 0.3) is 11.8 Å². The molecule has 2 atom stereocenters. The molecule has 2 aliphatic rings. The number of benzene rings is 1. The number of amides is 3. The Balaban J connectivity index is 1.54. The van der Waals surface area contributed by atoms with Gasteiger partial charge in [0.1, 0.15) is 5.25 Å². The first kappa shape index (κ1) is 21.4. The van der Waals surface area contributed by atoms with E-state index in [4.69, 9.17) is 0 Å².